The zero-order chi connectivity index (χ0) is 13.2. The number of halogens is 1. The van der Waals surface area contributed by atoms with E-state index in [1.54, 1.807) is 18.3 Å². The van der Waals surface area contributed by atoms with Crippen LogP contribution < -0.4 is 0 Å². The molecule has 2 aromatic heterocycles. The van der Waals surface area contributed by atoms with Gasteiger partial charge in [-0.05, 0) is 30.3 Å². The lowest BCUT2D eigenvalue weighted by atomic mass is 10.2. The highest BCUT2D eigenvalue weighted by molar-refractivity contribution is 6.29. The van der Waals surface area contributed by atoms with Gasteiger partial charge in [-0.1, -0.05) is 11.6 Å². The van der Waals surface area contributed by atoms with E-state index in [9.17, 15) is 0 Å². The molecule has 0 atom stereocenters. The van der Waals surface area contributed by atoms with Crippen LogP contribution in [0.1, 0.15) is 17.1 Å². The second-order valence-electron chi connectivity index (χ2n) is 4.18. The van der Waals surface area contributed by atoms with Gasteiger partial charge >= 0.3 is 0 Å². The molecule has 92 valence electrons. The summed E-state index contributed by atoms with van der Waals surface area (Å²) in [5.74, 6) is 0.666. The fourth-order valence-corrected chi connectivity index (χ4v) is 2.14. The van der Waals surface area contributed by atoms with Crippen molar-refractivity contribution in [2.45, 2.75) is 6.42 Å². The van der Waals surface area contributed by atoms with Gasteiger partial charge in [0.05, 0.1) is 11.6 Å². The summed E-state index contributed by atoms with van der Waals surface area (Å²) in [5.41, 5.74) is 2.64. The Bertz CT molecular complexity index is 785. The van der Waals surface area contributed by atoms with Crippen molar-refractivity contribution in [3.8, 4) is 6.07 Å². The number of nitriles is 1. The summed E-state index contributed by atoms with van der Waals surface area (Å²) in [6.45, 7) is 0. The van der Waals surface area contributed by atoms with E-state index in [4.69, 9.17) is 16.9 Å². The summed E-state index contributed by atoms with van der Waals surface area (Å²) in [4.78, 5) is 11.6. The van der Waals surface area contributed by atoms with Crippen LogP contribution in [0.5, 0.6) is 0 Å². The quantitative estimate of drug-likeness (QED) is 0.727. The predicted molar refractivity (Wildman–Crippen MR) is 72.9 cm³/mol. The Kier molecular flexibility index (Phi) is 2.90. The van der Waals surface area contributed by atoms with Gasteiger partial charge in [-0.15, -0.1) is 0 Å². The van der Waals surface area contributed by atoms with Gasteiger partial charge in [0.25, 0.3) is 0 Å². The van der Waals surface area contributed by atoms with Crippen LogP contribution in [0.15, 0.2) is 36.5 Å². The first-order valence-electron chi connectivity index (χ1n) is 5.74. The van der Waals surface area contributed by atoms with Crippen molar-refractivity contribution < 1.29 is 0 Å². The Labute approximate surface area is 114 Å². The van der Waals surface area contributed by atoms with Gasteiger partial charge in [-0.25, -0.2) is 9.97 Å². The SMILES string of the molecule is N#Cc1ccc2[nH]c(Cc3nccc(Cl)n3)cc2c1. The van der Waals surface area contributed by atoms with Crippen molar-refractivity contribution in [3.63, 3.8) is 0 Å². The number of aromatic amines is 1. The number of benzene rings is 1. The van der Waals surface area contributed by atoms with Crippen LogP contribution in [0.2, 0.25) is 5.15 Å². The van der Waals surface area contributed by atoms with E-state index >= 15 is 0 Å². The van der Waals surface area contributed by atoms with Gasteiger partial charge in [0.1, 0.15) is 11.0 Å². The highest BCUT2D eigenvalue weighted by Crippen LogP contribution is 2.18. The third-order valence-corrected chi connectivity index (χ3v) is 3.04. The molecule has 0 bridgehead atoms. The Morgan fingerprint density at radius 3 is 2.95 bits per heavy atom. The molecule has 19 heavy (non-hydrogen) atoms. The molecule has 1 aromatic carbocycles. The monoisotopic (exact) mass is 268 g/mol. The fourth-order valence-electron chi connectivity index (χ4n) is 1.99. The summed E-state index contributed by atoms with van der Waals surface area (Å²) < 4.78 is 0. The molecule has 0 aliphatic rings. The lowest BCUT2D eigenvalue weighted by Gasteiger charge is -1.97. The Morgan fingerprint density at radius 2 is 2.16 bits per heavy atom. The predicted octanol–water partition coefficient (Wildman–Crippen LogP) is 3.07. The van der Waals surface area contributed by atoms with Crippen LogP contribution in [0.25, 0.3) is 10.9 Å². The molecule has 0 unspecified atom stereocenters. The fraction of sp³-hybridized carbons (Fsp3) is 0.0714. The van der Waals surface area contributed by atoms with E-state index in [0.717, 1.165) is 16.6 Å². The molecule has 0 aliphatic carbocycles. The van der Waals surface area contributed by atoms with E-state index in [-0.39, 0.29) is 0 Å². The van der Waals surface area contributed by atoms with Gasteiger partial charge < -0.3 is 4.98 Å². The molecule has 0 saturated heterocycles. The summed E-state index contributed by atoms with van der Waals surface area (Å²) in [6.07, 6.45) is 2.22. The number of H-pyrrole nitrogens is 1. The van der Waals surface area contributed by atoms with Crippen LogP contribution in [0.4, 0.5) is 0 Å². The first kappa shape index (κ1) is 11.7. The molecule has 0 aliphatic heterocycles. The summed E-state index contributed by atoms with van der Waals surface area (Å²) in [6, 6.07) is 11.3. The maximum absolute atomic E-state index is 8.87. The van der Waals surface area contributed by atoms with E-state index in [0.29, 0.717) is 23.0 Å². The van der Waals surface area contributed by atoms with Crippen molar-refractivity contribution in [1.29, 1.82) is 5.26 Å². The summed E-state index contributed by atoms with van der Waals surface area (Å²) >= 11 is 5.83. The average Bonchev–Trinajstić information content (AvgIpc) is 2.79. The maximum atomic E-state index is 8.87. The molecule has 4 nitrogen and oxygen atoms in total. The van der Waals surface area contributed by atoms with E-state index in [1.807, 2.05) is 18.2 Å². The summed E-state index contributed by atoms with van der Waals surface area (Å²) in [7, 11) is 0. The van der Waals surface area contributed by atoms with Gasteiger partial charge in [0.15, 0.2) is 0 Å². The van der Waals surface area contributed by atoms with Crippen LogP contribution in [-0.4, -0.2) is 15.0 Å². The molecule has 1 N–H and O–H groups in total. The van der Waals surface area contributed by atoms with Crippen molar-refractivity contribution in [2.75, 3.05) is 0 Å². The molecular formula is C14H9ClN4. The Balaban J connectivity index is 1.96. The van der Waals surface area contributed by atoms with E-state index in [1.165, 1.54) is 0 Å². The number of hydrogen-bond donors (Lipinski definition) is 1. The first-order chi connectivity index (χ1) is 9.24. The van der Waals surface area contributed by atoms with Crippen LogP contribution in [0, 0.1) is 11.3 Å². The van der Waals surface area contributed by atoms with Gasteiger partial charge in [0.2, 0.25) is 0 Å². The standard InChI is InChI=1S/C14H9ClN4/c15-13-3-4-17-14(19-13)7-11-6-10-5-9(8-16)1-2-12(10)18-11/h1-6,18H,7H2. The second kappa shape index (κ2) is 4.71. The zero-order valence-electron chi connectivity index (χ0n) is 9.89. The maximum Gasteiger partial charge on any atom is 0.135 e. The zero-order valence-corrected chi connectivity index (χ0v) is 10.6. The van der Waals surface area contributed by atoms with Crippen molar-refractivity contribution in [3.05, 3.63) is 58.8 Å². The number of aromatic nitrogens is 3. The smallest absolute Gasteiger partial charge is 0.135 e. The van der Waals surface area contributed by atoms with Crippen molar-refractivity contribution in [1.82, 2.24) is 15.0 Å². The molecule has 0 radical (unpaired) electrons. The number of rotatable bonds is 2. The van der Waals surface area contributed by atoms with E-state index in [2.05, 4.69) is 21.0 Å². The molecule has 5 heteroatoms. The molecule has 3 rings (SSSR count). The molecular weight excluding hydrogens is 260 g/mol. The van der Waals surface area contributed by atoms with Gasteiger partial charge in [-0.3, -0.25) is 0 Å². The van der Waals surface area contributed by atoms with E-state index < -0.39 is 0 Å². The number of nitrogens with one attached hydrogen (secondary N) is 1. The minimum absolute atomic E-state index is 0.438. The summed E-state index contributed by atoms with van der Waals surface area (Å²) in [5, 5.41) is 10.3. The van der Waals surface area contributed by atoms with Crippen molar-refractivity contribution in [2.24, 2.45) is 0 Å². The van der Waals surface area contributed by atoms with Crippen LogP contribution in [-0.2, 0) is 6.42 Å². The third kappa shape index (κ3) is 2.42. The number of nitrogens with zero attached hydrogens (tertiary/aromatic N) is 3. The normalized spacial score (nSPS) is 10.5. The van der Waals surface area contributed by atoms with Gasteiger partial charge in [0, 0.05) is 29.2 Å². The Morgan fingerprint density at radius 1 is 1.26 bits per heavy atom. The topological polar surface area (TPSA) is 65.4 Å². The molecule has 0 amide bonds. The van der Waals surface area contributed by atoms with Crippen LogP contribution >= 0.6 is 11.6 Å². The first-order valence-corrected chi connectivity index (χ1v) is 6.11. The molecule has 0 fully saturated rings. The molecule has 3 aromatic rings. The van der Waals surface area contributed by atoms with Crippen LogP contribution in [0.3, 0.4) is 0 Å². The second-order valence-corrected chi connectivity index (χ2v) is 4.57. The lowest BCUT2D eigenvalue weighted by molar-refractivity contribution is 0.948. The minimum atomic E-state index is 0.438. The lowest BCUT2D eigenvalue weighted by Crippen LogP contribution is -1.95. The third-order valence-electron chi connectivity index (χ3n) is 2.83. The number of fused-ring (bicyclic) bond motifs is 1. The van der Waals surface area contributed by atoms with Crippen molar-refractivity contribution >= 4 is 22.5 Å². The number of hydrogen-bond acceptors (Lipinski definition) is 3. The Hall–Kier alpha value is -2.38. The highest BCUT2D eigenvalue weighted by Gasteiger charge is 2.05. The largest absolute Gasteiger partial charge is 0.358 e. The highest BCUT2D eigenvalue weighted by atomic mass is 35.5. The van der Waals surface area contributed by atoms with Gasteiger partial charge in [-0.2, -0.15) is 5.26 Å². The average molecular weight is 269 g/mol. The molecule has 0 saturated carbocycles. The molecule has 2 heterocycles. The minimum Gasteiger partial charge on any atom is -0.358 e. The molecule has 0 spiro atoms.